The molecule has 1 saturated heterocycles. The molecule has 0 radical (unpaired) electrons. The van der Waals surface area contributed by atoms with Crippen molar-refractivity contribution >= 4 is 27.6 Å². The summed E-state index contributed by atoms with van der Waals surface area (Å²) in [4.78, 5) is 14.0. The van der Waals surface area contributed by atoms with Gasteiger partial charge in [-0.25, -0.2) is 18.5 Å². The van der Waals surface area contributed by atoms with Gasteiger partial charge in [0.05, 0.1) is 19.3 Å². The Hall–Kier alpha value is -1.03. The summed E-state index contributed by atoms with van der Waals surface area (Å²) in [6.07, 6.45) is 0. The zero-order chi connectivity index (χ0) is 14.9. The molecule has 0 spiro atoms. The van der Waals surface area contributed by atoms with Gasteiger partial charge in [-0.1, -0.05) is 0 Å². The molecule has 1 aromatic heterocycles. The lowest BCUT2D eigenvalue weighted by Crippen LogP contribution is -2.44. The minimum absolute atomic E-state index is 0.0428. The molecule has 1 aromatic rings. The molecule has 0 amide bonds. The normalized spacial score (nSPS) is 21.8. The van der Waals surface area contributed by atoms with Crippen LogP contribution in [0.5, 0.6) is 0 Å². The molecule has 2 N–H and O–H groups in total. The largest absolute Gasteiger partial charge is 0.377 e. The summed E-state index contributed by atoms with van der Waals surface area (Å²) in [6.45, 7) is 5.06. The summed E-state index contributed by atoms with van der Waals surface area (Å²) in [5.41, 5.74) is 0. The third kappa shape index (κ3) is 3.35. The standard InChI is InChI=1S/C10H16ClN5O3S/c1-6-5-19-4-3-16(6)10-14-8(13-9(11)15-10)7(2)20(12,17)18/h6-7H,3-5H2,1-2H3,(H2,12,17,18)/t6-,7?/m1/s1. The number of anilines is 1. The Morgan fingerprint density at radius 1 is 1.45 bits per heavy atom. The molecule has 112 valence electrons. The van der Waals surface area contributed by atoms with Gasteiger partial charge in [0.1, 0.15) is 5.25 Å². The number of aromatic nitrogens is 3. The highest BCUT2D eigenvalue weighted by Gasteiger charge is 2.26. The number of sulfonamides is 1. The van der Waals surface area contributed by atoms with E-state index >= 15 is 0 Å². The predicted molar refractivity (Wildman–Crippen MR) is 74.0 cm³/mol. The van der Waals surface area contributed by atoms with Crippen molar-refractivity contribution in [3.8, 4) is 0 Å². The number of morpholine rings is 1. The zero-order valence-electron chi connectivity index (χ0n) is 11.2. The van der Waals surface area contributed by atoms with Gasteiger partial charge in [0, 0.05) is 6.54 Å². The fourth-order valence-electron chi connectivity index (χ4n) is 1.84. The lowest BCUT2D eigenvalue weighted by atomic mass is 10.3. The first-order chi connectivity index (χ1) is 9.29. The van der Waals surface area contributed by atoms with Gasteiger partial charge >= 0.3 is 0 Å². The molecule has 2 rings (SSSR count). The minimum Gasteiger partial charge on any atom is -0.377 e. The molecular weight excluding hydrogens is 306 g/mol. The number of halogens is 1. The summed E-state index contributed by atoms with van der Waals surface area (Å²) in [5.74, 6) is 0.382. The van der Waals surface area contributed by atoms with Crippen molar-refractivity contribution in [1.29, 1.82) is 0 Å². The van der Waals surface area contributed by atoms with E-state index in [0.717, 1.165) is 0 Å². The summed E-state index contributed by atoms with van der Waals surface area (Å²) < 4.78 is 28.1. The Kier molecular flexibility index (Phi) is 4.43. The van der Waals surface area contributed by atoms with Crippen molar-refractivity contribution in [2.45, 2.75) is 25.1 Å². The lowest BCUT2D eigenvalue weighted by molar-refractivity contribution is 0.0980. The Morgan fingerprint density at radius 3 is 2.75 bits per heavy atom. The lowest BCUT2D eigenvalue weighted by Gasteiger charge is -2.33. The van der Waals surface area contributed by atoms with Gasteiger partial charge in [-0.3, -0.25) is 0 Å². The molecule has 2 heterocycles. The molecule has 0 saturated carbocycles. The zero-order valence-corrected chi connectivity index (χ0v) is 12.7. The average Bonchev–Trinajstić information content (AvgIpc) is 2.36. The second-order valence-corrected chi connectivity index (χ2v) is 6.83. The smallest absolute Gasteiger partial charge is 0.230 e. The van der Waals surface area contributed by atoms with Crippen molar-refractivity contribution in [2.75, 3.05) is 24.7 Å². The number of primary sulfonamides is 1. The molecule has 0 aromatic carbocycles. The van der Waals surface area contributed by atoms with Crippen LogP contribution in [0, 0.1) is 0 Å². The summed E-state index contributed by atoms with van der Waals surface area (Å²) in [6, 6.07) is 0.0693. The maximum absolute atomic E-state index is 11.4. The molecular formula is C10H16ClN5O3S. The van der Waals surface area contributed by atoms with Crippen LogP contribution in [0.3, 0.4) is 0 Å². The van der Waals surface area contributed by atoms with Crippen molar-refractivity contribution in [1.82, 2.24) is 15.0 Å². The third-order valence-corrected chi connectivity index (χ3v) is 4.46. The highest BCUT2D eigenvalue weighted by atomic mass is 35.5. The van der Waals surface area contributed by atoms with Gasteiger partial charge in [-0.2, -0.15) is 9.97 Å². The predicted octanol–water partition coefficient (Wildman–Crippen LogP) is 0.0996. The van der Waals surface area contributed by atoms with E-state index in [-0.39, 0.29) is 17.1 Å². The van der Waals surface area contributed by atoms with Crippen LogP contribution in [-0.2, 0) is 14.8 Å². The number of rotatable bonds is 3. The molecule has 1 fully saturated rings. The molecule has 0 bridgehead atoms. The van der Waals surface area contributed by atoms with Gasteiger partial charge in [0.15, 0.2) is 5.82 Å². The van der Waals surface area contributed by atoms with E-state index in [1.807, 2.05) is 11.8 Å². The molecule has 2 atom stereocenters. The fourth-order valence-corrected chi connectivity index (χ4v) is 2.40. The van der Waals surface area contributed by atoms with Crippen LogP contribution in [0.25, 0.3) is 0 Å². The highest BCUT2D eigenvalue weighted by molar-refractivity contribution is 7.89. The third-order valence-electron chi connectivity index (χ3n) is 3.09. The average molecular weight is 322 g/mol. The maximum Gasteiger partial charge on any atom is 0.230 e. The molecule has 0 aliphatic carbocycles. The second-order valence-electron chi connectivity index (χ2n) is 4.61. The Morgan fingerprint density at radius 2 is 2.15 bits per heavy atom. The van der Waals surface area contributed by atoms with Crippen LogP contribution in [0.15, 0.2) is 0 Å². The van der Waals surface area contributed by atoms with Gasteiger partial charge in [-0.05, 0) is 25.4 Å². The van der Waals surface area contributed by atoms with Crippen LogP contribution in [-0.4, -0.2) is 49.2 Å². The SMILES string of the molecule is CC(c1nc(Cl)nc(N2CCOC[C@H]2C)n1)S(N)(=O)=O. The minimum atomic E-state index is -3.79. The Bertz CT molecular complexity index is 597. The van der Waals surface area contributed by atoms with Gasteiger partial charge in [0.25, 0.3) is 0 Å². The quantitative estimate of drug-likeness (QED) is 0.840. The van der Waals surface area contributed by atoms with E-state index in [1.54, 1.807) is 0 Å². The van der Waals surface area contributed by atoms with Gasteiger partial charge in [-0.15, -0.1) is 0 Å². The van der Waals surface area contributed by atoms with Crippen molar-refractivity contribution in [3.05, 3.63) is 11.1 Å². The van der Waals surface area contributed by atoms with E-state index in [4.69, 9.17) is 21.5 Å². The monoisotopic (exact) mass is 321 g/mol. The fraction of sp³-hybridized carbons (Fsp3) is 0.700. The van der Waals surface area contributed by atoms with E-state index in [0.29, 0.717) is 25.7 Å². The van der Waals surface area contributed by atoms with Gasteiger partial charge < -0.3 is 9.64 Å². The molecule has 8 nitrogen and oxygen atoms in total. The number of hydrogen-bond acceptors (Lipinski definition) is 7. The molecule has 10 heteroatoms. The number of nitrogens with two attached hydrogens (primary N) is 1. The van der Waals surface area contributed by atoms with Crippen molar-refractivity contribution < 1.29 is 13.2 Å². The van der Waals surface area contributed by atoms with Crippen molar-refractivity contribution in [2.24, 2.45) is 5.14 Å². The summed E-state index contributed by atoms with van der Waals surface area (Å²) in [5, 5.41) is 4.01. The summed E-state index contributed by atoms with van der Waals surface area (Å²) >= 11 is 5.86. The number of ether oxygens (including phenoxy) is 1. The van der Waals surface area contributed by atoms with Crippen LogP contribution in [0.4, 0.5) is 5.95 Å². The number of hydrogen-bond donors (Lipinski definition) is 1. The first kappa shape index (κ1) is 15.4. The molecule has 1 unspecified atom stereocenters. The molecule has 1 aliphatic rings. The van der Waals surface area contributed by atoms with Crippen LogP contribution in [0.2, 0.25) is 5.28 Å². The first-order valence-corrected chi connectivity index (χ1v) is 8.05. The highest BCUT2D eigenvalue weighted by Crippen LogP contribution is 2.21. The van der Waals surface area contributed by atoms with E-state index in [2.05, 4.69) is 15.0 Å². The Labute approximate surface area is 122 Å². The van der Waals surface area contributed by atoms with E-state index < -0.39 is 15.3 Å². The van der Waals surface area contributed by atoms with E-state index in [9.17, 15) is 8.42 Å². The van der Waals surface area contributed by atoms with Crippen LogP contribution >= 0.6 is 11.6 Å². The van der Waals surface area contributed by atoms with Crippen LogP contribution in [0.1, 0.15) is 24.9 Å². The number of nitrogens with zero attached hydrogens (tertiary/aromatic N) is 4. The topological polar surface area (TPSA) is 111 Å². The van der Waals surface area contributed by atoms with Crippen LogP contribution < -0.4 is 10.0 Å². The maximum atomic E-state index is 11.4. The second kappa shape index (κ2) is 5.76. The van der Waals surface area contributed by atoms with Gasteiger partial charge in [0.2, 0.25) is 21.3 Å². The Balaban J connectivity index is 2.38. The first-order valence-electron chi connectivity index (χ1n) is 6.06. The van der Waals surface area contributed by atoms with Crippen molar-refractivity contribution in [3.63, 3.8) is 0 Å². The molecule has 20 heavy (non-hydrogen) atoms. The van der Waals surface area contributed by atoms with E-state index in [1.165, 1.54) is 6.92 Å². The molecule has 1 aliphatic heterocycles. The summed E-state index contributed by atoms with van der Waals surface area (Å²) in [7, 11) is -3.79.